The number of nitrogens with zero attached hydrogens (tertiary/aromatic N) is 3. The number of fused-ring (bicyclic) bond motifs is 18. The fraction of sp³-hybridized carbons (Fsp3) is 0.121. The molecule has 0 spiro atoms. The molecule has 0 saturated heterocycles. The molecule has 2 aromatic heterocycles. The van der Waals surface area contributed by atoms with Crippen molar-refractivity contribution >= 4 is 127 Å². The Labute approximate surface area is 407 Å². The number of benzene rings is 11. The first-order valence-electron chi connectivity index (χ1n) is 25.0. The average Bonchev–Trinajstić information content (AvgIpc) is 3.92. The van der Waals surface area contributed by atoms with Crippen molar-refractivity contribution in [2.24, 2.45) is 0 Å². The second-order valence-electron chi connectivity index (χ2n) is 22.1. The maximum absolute atomic E-state index is 2.69. The summed E-state index contributed by atoms with van der Waals surface area (Å²) in [7, 11) is 0. The first-order chi connectivity index (χ1) is 34.0. The van der Waals surface area contributed by atoms with Crippen LogP contribution in [0.5, 0.6) is 0 Å². The summed E-state index contributed by atoms with van der Waals surface area (Å²) in [6.45, 7) is 13.8. The molecule has 13 aromatic rings. The van der Waals surface area contributed by atoms with Crippen LogP contribution in [-0.2, 0) is 10.8 Å². The molecule has 11 aromatic carbocycles. The van der Waals surface area contributed by atoms with Crippen molar-refractivity contribution in [3.8, 4) is 11.4 Å². The Balaban J connectivity index is 1.17. The van der Waals surface area contributed by atoms with E-state index in [9.17, 15) is 0 Å². The van der Waals surface area contributed by atoms with Crippen LogP contribution in [0.4, 0.5) is 17.1 Å². The predicted molar refractivity (Wildman–Crippen MR) is 302 cm³/mol. The van der Waals surface area contributed by atoms with E-state index in [-0.39, 0.29) is 17.5 Å². The molecule has 2 aliphatic heterocycles. The maximum atomic E-state index is 2.69. The Kier molecular flexibility index (Phi) is 7.86. The molecule has 0 unspecified atom stereocenters. The van der Waals surface area contributed by atoms with Gasteiger partial charge in [0.1, 0.15) is 0 Å². The van der Waals surface area contributed by atoms with E-state index in [0.29, 0.717) is 0 Å². The molecule has 0 aliphatic carbocycles. The first-order valence-corrected chi connectivity index (χ1v) is 25.0. The maximum Gasteiger partial charge on any atom is 0.252 e. The minimum atomic E-state index is -0.0660. The highest BCUT2D eigenvalue weighted by Crippen LogP contribution is 2.49. The third-order valence-corrected chi connectivity index (χ3v) is 16.1. The van der Waals surface area contributed by atoms with Crippen molar-refractivity contribution in [3.63, 3.8) is 0 Å². The van der Waals surface area contributed by atoms with Gasteiger partial charge in [0.05, 0.1) is 33.4 Å². The molecule has 15 rings (SSSR count). The molecule has 332 valence electrons. The SMILES string of the molecule is CC(C)(C)c1ccc(N(c2ccc(C(C)(C)C)cc2)c2ccc3c4c2-n2c5ccc6ccccc6c5c5c6ccccc6cc(c52)B4c2cc4ccccc4c4c5c6ccccc6ccc5n-3c24)cc1. The van der Waals surface area contributed by atoms with Crippen molar-refractivity contribution in [2.45, 2.75) is 52.4 Å². The van der Waals surface area contributed by atoms with Crippen LogP contribution >= 0.6 is 0 Å². The lowest BCUT2D eigenvalue weighted by Crippen LogP contribution is -2.59. The van der Waals surface area contributed by atoms with Crippen LogP contribution in [0.1, 0.15) is 52.7 Å². The molecule has 0 radical (unpaired) electrons. The van der Waals surface area contributed by atoms with E-state index in [1.165, 1.54) is 126 Å². The molecule has 0 N–H and O–H groups in total. The van der Waals surface area contributed by atoms with Crippen molar-refractivity contribution in [3.05, 3.63) is 205 Å². The number of hydrogen-bond donors (Lipinski definition) is 0. The standard InChI is InChI=1S/C66H50BN3/c1-65(2,3)43-25-29-45(30-26-43)68(46-31-27-44(28-32-46)66(4,5)6)56-36-35-55-61-64(56)70-54-34-24-40-16-8-12-20-48(40)58(54)60-50-22-14-10-18-42(50)38-52(63(60)70)67(61)51-37-41-17-9-13-21-49(41)59-57-47-19-11-7-15-39(47)23-33-53(57)69(55)62(51)59/h7-38H,1-6H3. The van der Waals surface area contributed by atoms with Crippen LogP contribution in [0.2, 0.25) is 0 Å². The summed E-state index contributed by atoms with van der Waals surface area (Å²) in [5, 5.41) is 15.5. The molecular formula is C66H50BN3. The molecule has 0 saturated carbocycles. The van der Waals surface area contributed by atoms with Gasteiger partial charge in [0.15, 0.2) is 0 Å². The van der Waals surface area contributed by atoms with Gasteiger partial charge in [-0.2, -0.15) is 0 Å². The van der Waals surface area contributed by atoms with Gasteiger partial charge in [-0.15, -0.1) is 0 Å². The van der Waals surface area contributed by atoms with Crippen LogP contribution in [0.3, 0.4) is 0 Å². The van der Waals surface area contributed by atoms with E-state index in [2.05, 4.69) is 250 Å². The lowest BCUT2D eigenvalue weighted by molar-refractivity contribution is 0.590. The van der Waals surface area contributed by atoms with E-state index in [0.717, 1.165) is 17.1 Å². The fourth-order valence-corrected chi connectivity index (χ4v) is 12.9. The largest absolute Gasteiger partial charge is 0.310 e. The van der Waals surface area contributed by atoms with Crippen LogP contribution in [0, 0.1) is 0 Å². The molecular weight excluding hydrogens is 846 g/mol. The summed E-state index contributed by atoms with van der Waals surface area (Å²) in [5.41, 5.74) is 17.7. The fourth-order valence-electron chi connectivity index (χ4n) is 12.9. The second-order valence-corrected chi connectivity index (χ2v) is 22.1. The minimum Gasteiger partial charge on any atom is -0.310 e. The van der Waals surface area contributed by atoms with E-state index >= 15 is 0 Å². The molecule has 0 amide bonds. The monoisotopic (exact) mass is 895 g/mol. The molecule has 4 heterocycles. The topological polar surface area (TPSA) is 13.1 Å². The first kappa shape index (κ1) is 39.9. The Morgan fingerprint density at radius 2 is 0.800 bits per heavy atom. The smallest absolute Gasteiger partial charge is 0.252 e. The summed E-state index contributed by atoms with van der Waals surface area (Å²) in [5.74, 6) is 0. The number of hydrogen-bond acceptors (Lipinski definition) is 1. The van der Waals surface area contributed by atoms with Crippen molar-refractivity contribution in [1.82, 2.24) is 9.13 Å². The molecule has 4 heteroatoms. The molecule has 3 nitrogen and oxygen atoms in total. The van der Waals surface area contributed by atoms with Gasteiger partial charge < -0.3 is 14.0 Å². The van der Waals surface area contributed by atoms with Crippen LogP contribution in [-0.4, -0.2) is 15.8 Å². The lowest BCUT2D eigenvalue weighted by atomic mass is 9.34. The predicted octanol–water partition coefficient (Wildman–Crippen LogP) is 15.7. The van der Waals surface area contributed by atoms with E-state index in [1.54, 1.807) is 0 Å². The van der Waals surface area contributed by atoms with Gasteiger partial charge in [0.25, 0.3) is 6.71 Å². The van der Waals surface area contributed by atoms with Gasteiger partial charge in [-0.1, -0.05) is 187 Å². The van der Waals surface area contributed by atoms with Crippen molar-refractivity contribution < 1.29 is 0 Å². The zero-order valence-electron chi connectivity index (χ0n) is 40.4. The second kappa shape index (κ2) is 13.8. The summed E-state index contributed by atoms with van der Waals surface area (Å²) >= 11 is 0. The van der Waals surface area contributed by atoms with Gasteiger partial charge in [0, 0.05) is 38.6 Å². The van der Waals surface area contributed by atoms with Crippen LogP contribution in [0.15, 0.2) is 194 Å². The minimum absolute atomic E-state index is 0.0153. The zero-order chi connectivity index (χ0) is 46.9. The van der Waals surface area contributed by atoms with E-state index in [1.807, 2.05) is 0 Å². The van der Waals surface area contributed by atoms with E-state index < -0.39 is 0 Å². The van der Waals surface area contributed by atoms with Gasteiger partial charge in [-0.25, -0.2) is 0 Å². The van der Waals surface area contributed by atoms with Gasteiger partial charge in [0.2, 0.25) is 0 Å². The quantitative estimate of drug-likeness (QED) is 0.161. The zero-order valence-corrected chi connectivity index (χ0v) is 40.4. The summed E-state index contributed by atoms with van der Waals surface area (Å²) in [6.07, 6.45) is 0. The van der Waals surface area contributed by atoms with Crippen LogP contribution < -0.4 is 21.3 Å². The summed E-state index contributed by atoms with van der Waals surface area (Å²) in [4.78, 5) is 2.54. The molecule has 2 aliphatic rings. The lowest BCUT2D eigenvalue weighted by Gasteiger charge is -2.38. The summed E-state index contributed by atoms with van der Waals surface area (Å²) < 4.78 is 5.33. The van der Waals surface area contributed by atoms with Gasteiger partial charge in [-0.3, -0.25) is 0 Å². The summed E-state index contributed by atoms with van der Waals surface area (Å²) in [6, 6.07) is 74.4. The number of aromatic nitrogens is 2. The Morgan fingerprint density at radius 3 is 1.27 bits per heavy atom. The highest BCUT2D eigenvalue weighted by atomic mass is 15.2. The average molecular weight is 896 g/mol. The number of anilines is 3. The van der Waals surface area contributed by atoms with E-state index in [4.69, 9.17) is 0 Å². The van der Waals surface area contributed by atoms with Crippen LogP contribution in [0.25, 0.3) is 98.1 Å². The highest BCUT2D eigenvalue weighted by Gasteiger charge is 2.44. The Hall–Kier alpha value is -8.08. The molecule has 0 fully saturated rings. The number of rotatable bonds is 3. The van der Waals surface area contributed by atoms with Crippen molar-refractivity contribution in [1.29, 1.82) is 0 Å². The van der Waals surface area contributed by atoms with Crippen molar-refractivity contribution in [2.75, 3.05) is 4.90 Å². The Morgan fingerprint density at radius 1 is 0.386 bits per heavy atom. The third kappa shape index (κ3) is 5.26. The van der Waals surface area contributed by atoms with Gasteiger partial charge in [-0.05, 0) is 130 Å². The normalized spacial score (nSPS) is 13.3. The Bertz CT molecular complexity index is 4360. The third-order valence-electron chi connectivity index (χ3n) is 16.1. The van der Waals surface area contributed by atoms with Gasteiger partial charge >= 0.3 is 0 Å². The molecule has 70 heavy (non-hydrogen) atoms. The molecule has 0 atom stereocenters. The highest BCUT2D eigenvalue weighted by molar-refractivity contribution is 7.01. The molecule has 0 bridgehead atoms.